The monoisotopic (exact) mass is 909 g/mol. The molecule has 6 rings (SSSR count). The number of nitrogens with zero attached hydrogens (tertiary/aromatic N) is 6. The van der Waals surface area contributed by atoms with E-state index in [1.807, 2.05) is 0 Å². The first-order valence-electron chi connectivity index (χ1n) is 17.8. The fourth-order valence-electron chi connectivity index (χ4n) is 7.17. The first kappa shape index (κ1) is 39.9. The summed E-state index contributed by atoms with van der Waals surface area (Å²) in [6.07, 6.45) is 0. The normalized spacial score (nSPS) is 29.7. The van der Waals surface area contributed by atoms with Gasteiger partial charge in [-0.2, -0.15) is 0 Å². The van der Waals surface area contributed by atoms with Crippen LogP contribution in [0, 0.1) is 0 Å². The number of halogens is 2. The van der Waals surface area contributed by atoms with Crippen molar-refractivity contribution in [3.05, 3.63) is 71.8 Å². The predicted octanol–water partition coefficient (Wildman–Crippen LogP) is 3.96. The third-order valence-corrected chi connectivity index (χ3v) is 10.0. The summed E-state index contributed by atoms with van der Waals surface area (Å²) in [6.45, 7) is 28.0. The zero-order valence-electron chi connectivity index (χ0n) is 29.0. The van der Waals surface area contributed by atoms with Crippen molar-refractivity contribution in [3.8, 4) is 0 Å². The van der Waals surface area contributed by atoms with Crippen LogP contribution in [0.1, 0.15) is 25.0 Å². The van der Waals surface area contributed by atoms with E-state index in [1.165, 1.54) is 76.6 Å². The van der Waals surface area contributed by atoms with E-state index in [0.29, 0.717) is 21.5 Å². The van der Waals surface area contributed by atoms with E-state index in [1.54, 1.807) is 0 Å². The number of hydrogen-bond donors (Lipinski definition) is 2. The van der Waals surface area contributed by atoms with Gasteiger partial charge in [0, 0.05) is 143 Å². The van der Waals surface area contributed by atoms with Crippen LogP contribution in [0.4, 0.5) is 0 Å². The molecule has 2 aromatic carbocycles. The Morgan fingerprint density at radius 2 is 0.894 bits per heavy atom. The second-order valence-electron chi connectivity index (χ2n) is 13.5. The maximum absolute atomic E-state index is 3.52. The predicted molar refractivity (Wildman–Crippen MR) is 212 cm³/mol. The quantitative estimate of drug-likeness (QED) is 0.448. The molecule has 0 amide bonds. The minimum absolute atomic E-state index is 0.628. The molecule has 4 saturated heterocycles. The van der Waals surface area contributed by atoms with Crippen LogP contribution in [0.3, 0.4) is 0 Å². The van der Waals surface area contributed by atoms with Gasteiger partial charge < -0.3 is 10.6 Å². The van der Waals surface area contributed by atoms with Gasteiger partial charge in [-0.25, -0.2) is 0 Å². The Bertz CT molecular complexity index is 1000. The standard InChI is InChI=1S/C25H36N4.C11H24N4.2HI.V/c1-23-20-26-12-14-27(21-24-8-4-2-5-9-24)16-18-29(23)19-17-28(15-13-26)22-25-10-6-3-7-11-25;1-11-10-14-6-2-12-4-8-15(11)9-5-13-3-7-14;;;/h2-11,23H,12-22H2,1H3;11-13H,2-10H2,1H3;2*1H;/q;;;;+2/p-2/t23-;11-;;;/m11.../s1. The van der Waals surface area contributed by atoms with Crippen molar-refractivity contribution in [3.63, 3.8) is 0 Å². The van der Waals surface area contributed by atoms with Crippen LogP contribution >= 0.6 is 40.0 Å². The van der Waals surface area contributed by atoms with E-state index in [4.69, 9.17) is 0 Å². The molecule has 11 heteroatoms. The zero-order valence-corrected chi connectivity index (χ0v) is 34.7. The Kier molecular flexibility index (Phi) is 20.1. The van der Waals surface area contributed by atoms with Gasteiger partial charge in [0.2, 0.25) is 0 Å². The molecule has 0 unspecified atom stereocenters. The molecule has 2 atom stereocenters. The van der Waals surface area contributed by atoms with Crippen LogP contribution < -0.4 is 10.6 Å². The summed E-state index contributed by atoms with van der Waals surface area (Å²) in [4.78, 5) is 15.9. The fourth-order valence-corrected chi connectivity index (χ4v) is 7.17. The minimum atomic E-state index is 0.628. The molecular formula is C36H60I2N8V. The SMILES string of the molecule is C[C@@H]1CN2CCN(Cc3ccccc3)CCN1CCN(Cc1ccccc1)CC2.C[C@@H]1CN2CCNCCN1CCNCC2.[I][V][I]. The van der Waals surface area contributed by atoms with Crippen molar-refractivity contribution >= 4 is 40.0 Å². The van der Waals surface area contributed by atoms with Crippen molar-refractivity contribution in [2.45, 2.75) is 39.0 Å². The van der Waals surface area contributed by atoms with Crippen LogP contribution in [0.5, 0.6) is 0 Å². The van der Waals surface area contributed by atoms with Gasteiger partial charge in [-0.15, -0.1) is 0 Å². The third-order valence-electron chi connectivity index (χ3n) is 10.0. The second-order valence-corrected chi connectivity index (χ2v) is 25.2. The van der Waals surface area contributed by atoms with Gasteiger partial charge in [-0.05, 0) is 25.0 Å². The van der Waals surface area contributed by atoms with E-state index in [9.17, 15) is 0 Å². The van der Waals surface area contributed by atoms with Crippen LogP contribution in [-0.2, 0) is 22.6 Å². The van der Waals surface area contributed by atoms with E-state index < -0.39 is 0 Å². The fraction of sp³-hybridized carbons (Fsp3) is 0.667. The zero-order chi connectivity index (χ0) is 33.1. The molecule has 263 valence electrons. The van der Waals surface area contributed by atoms with E-state index in [-0.39, 0.29) is 0 Å². The third kappa shape index (κ3) is 15.5. The maximum atomic E-state index is 3.52. The molecule has 4 bridgehead atoms. The molecule has 4 fully saturated rings. The number of rotatable bonds is 4. The Hall–Kier alpha value is 0.164. The molecule has 0 aromatic heterocycles. The molecule has 0 aliphatic carbocycles. The number of benzene rings is 2. The van der Waals surface area contributed by atoms with Crippen LogP contribution in [0.15, 0.2) is 60.7 Å². The van der Waals surface area contributed by atoms with Crippen LogP contribution in [0.2, 0.25) is 0 Å². The molecular weight excluding hydrogens is 849 g/mol. The summed E-state index contributed by atoms with van der Waals surface area (Å²) >= 11 is 4.74. The molecule has 8 nitrogen and oxygen atoms in total. The summed E-state index contributed by atoms with van der Waals surface area (Å²) in [5.74, 6) is 0. The molecule has 0 saturated carbocycles. The Labute approximate surface area is 315 Å². The Morgan fingerprint density at radius 1 is 0.532 bits per heavy atom. The van der Waals surface area contributed by atoms with Gasteiger partial charge in [0.25, 0.3) is 0 Å². The molecule has 47 heavy (non-hydrogen) atoms. The molecule has 0 spiro atoms. The summed E-state index contributed by atoms with van der Waals surface area (Å²) in [6, 6.07) is 23.2. The average Bonchev–Trinajstić information content (AvgIpc) is 3.29. The number of hydrogen-bond acceptors (Lipinski definition) is 8. The molecule has 0 radical (unpaired) electrons. The summed E-state index contributed by atoms with van der Waals surface area (Å²) in [5.41, 5.74) is 2.86. The first-order chi connectivity index (χ1) is 23.0. The van der Waals surface area contributed by atoms with Gasteiger partial charge in [-0.3, -0.25) is 29.4 Å². The Balaban J connectivity index is 0.000000232. The van der Waals surface area contributed by atoms with Gasteiger partial charge >= 0.3 is 49.4 Å². The summed E-state index contributed by atoms with van der Waals surface area (Å²) in [7, 11) is 0.628. The number of nitrogens with one attached hydrogen (secondary N) is 2. The Morgan fingerprint density at radius 3 is 1.34 bits per heavy atom. The van der Waals surface area contributed by atoms with E-state index in [0.717, 1.165) is 65.4 Å². The van der Waals surface area contributed by atoms with Gasteiger partial charge in [0.1, 0.15) is 0 Å². The van der Waals surface area contributed by atoms with Gasteiger partial charge in [0.15, 0.2) is 0 Å². The average molecular weight is 910 g/mol. The molecule has 4 aliphatic heterocycles. The number of fused-ring (bicyclic) bond motifs is 6. The van der Waals surface area contributed by atoms with E-state index in [2.05, 4.69) is 155 Å². The summed E-state index contributed by atoms with van der Waals surface area (Å²) in [5, 5.41) is 7.04. The van der Waals surface area contributed by atoms with Crippen molar-refractivity contribution in [2.75, 3.05) is 118 Å². The van der Waals surface area contributed by atoms with Crippen molar-refractivity contribution < 1.29 is 9.47 Å². The van der Waals surface area contributed by atoms with Crippen molar-refractivity contribution in [1.29, 1.82) is 0 Å². The molecule has 2 N–H and O–H groups in total. The van der Waals surface area contributed by atoms with Crippen molar-refractivity contribution in [1.82, 2.24) is 40.0 Å². The van der Waals surface area contributed by atoms with Gasteiger partial charge in [0.05, 0.1) is 0 Å². The molecule has 4 aliphatic rings. The molecule has 2 aromatic rings. The molecule has 4 heterocycles. The van der Waals surface area contributed by atoms with Crippen LogP contribution in [0.25, 0.3) is 0 Å². The van der Waals surface area contributed by atoms with Crippen molar-refractivity contribution in [2.24, 2.45) is 0 Å². The van der Waals surface area contributed by atoms with E-state index >= 15 is 0 Å². The van der Waals surface area contributed by atoms with Crippen LogP contribution in [-0.4, -0.2) is 159 Å². The topological polar surface area (TPSA) is 43.5 Å². The second kappa shape index (κ2) is 23.6. The first-order valence-corrected chi connectivity index (χ1v) is 26.8. The summed E-state index contributed by atoms with van der Waals surface area (Å²) < 4.78 is 0. The van der Waals surface area contributed by atoms with Gasteiger partial charge in [-0.1, -0.05) is 60.7 Å².